The molecule has 138 valence electrons. The number of hydrogen-bond acceptors (Lipinski definition) is 6. The number of thiophene rings is 1. The number of aliphatic imine (C=N–C) groups is 1. The molecule has 0 bridgehead atoms. The van der Waals surface area contributed by atoms with Gasteiger partial charge in [0.15, 0.2) is 0 Å². The second kappa shape index (κ2) is 8.51. The Morgan fingerprint density at radius 1 is 1.26 bits per heavy atom. The summed E-state index contributed by atoms with van der Waals surface area (Å²) in [6, 6.07) is 10.4. The van der Waals surface area contributed by atoms with Gasteiger partial charge >= 0.3 is 0 Å². The number of hydrogen-bond donors (Lipinski definition) is 1. The van der Waals surface area contributed by atoms with E-state index in [0.717, 1.165) is 45.6 Å². The van der Waals surface area contributed by atoms with Crippen molar-refractivity contribution in [2.45, 2.75) is 37.9 Å². The van der Waals surface area contributed by atoms with Gasteiger partial charge in [0.2, 0.25) is 5.91 Å². The fourth-order valence-corrected chi connectivity index (χ4v) is 6.44. The number of thioether (sulfide) groups is 2. The molecule has 2 heterocycles. The van der Waals surface area contributed by atoms with Crippen molar-refractivity contribution < 1.29 is 4.79 Å². The topological polar surface area (TPSA) is 65.2 Å². The number of fused-ring (bicyclic) bond motifs is 2. The number of anilines is 1. The molecule has 2 aromatic rings. The second-order valence-electron chi connectivity index (χ2n) is 6.51. The summed E-state index contributed by atoms with van der Waals surface area (Å²) in [5.41, 5.74) is 4.06. The summed E-state index contributed by atoms with van der Waals surface area (Å²) >= 11 is 4.71. The second-order valence-corrected chi connectivity index (χ2v) is 9.80. The minimum atomic E-state index is -0.0740. The first-order valence-corrected chi connectivity index (χ1v) is 11.8. The molecule has 0 radical (unpaired) electrons. The molecule has 1 aliphatic carbocycles. The Labute approximate surface area is 171 Å². The molecule has 1 aromatic carbocycles. The highest BCUT2D eigenvalue weighted by Crippen LogP contribution is 2.37. The third-order valence-electron chi connectivity index (χ3n) is 4.67. The molecule has 1 N–H and O–H groups in total. The lowest BCUT2D eigenvalue weighted by molar-refractivity contribution is -0.113. The first-order valence-electron chi connectivity index (χ1n) is 9.01. The van der Waals surface area contributed by atoms with Crippen LogP contribution in [0.2, 0.25) is 0 Å². The van der Waals surface area contributed by atoms with Gasteiger partial charge in [-0.3, -0.25) is 4.79 Å². The Hall–Kier alpha value is -1.75. The maximum absolute atomic E-state index is 12.5. The standard InChI is InChI=1S/C20H19N3OS3/c21-10-15-14-7-2-1-3-9-17(14)27-19(15)23-18(24)12-26-20-22-16-8-5-4-6-13(16)11-25-20/h4-6,8H,1-3,7,9,11-12H2,(H,23,24). The highest BCUT2D eigenvalue weighted by molar-refractivity contribution is 8.38. The molecule has 0 spiro atoms. The first kappa shape index (κ1) is 18.6. The van der Waals surface area contributed by atoms with Crippen LogP contribution in [-0.4, -0.2) is 16.0 Å². The van der Waals surface area contributed by atoms with E-state index in [4.69, 9.17) is 0 Å². The van der Waals surface area contributed by atoms with Crippen molar-refractivity contribution >= 4 is 55.8 Å². The summed E-state index contributed by atoms with van der Waals surface area (Å²) in [5, 5.41) is 13.3. The van der Waals surface area contributed by atoms with Gasteiger partial charge in [-0.1, -0.05) is 48.1 Å². The summed E-state index contributed by atoms with van der Waals surface area (Å²) in [4.78, 5) is 18.4. The summed E-state index contributed by atoms with van der Waals surface area (Å²) in [6.07, 6.45) is 5.48. The molecule has 27 heavy (non-hydrogen) atoms. The Balaban J connectivity index is 1.41. The number of aryl methyl sites for hydroxylation is 1. The maximum atomic E-state index is 12.5. The average molecular weight is 414 g/mol. The monoisotopic (exact) mass is 413 g/mol. The van der Waals surface area contributed by atoms with Crippen LogP contribution in [0.25, 0.3) is 0 Å². The van der Waals surface area contributed by atoms with Crippen molar-refractivity contribution in [3.63, 3.8) is 0 Å². The van der Waals surface area contributed by atoms with Crippen molar-refractivity contribution in [2.24, 2.45) is 4.99 Å². The van der Waals surface area contributed by atoms with Gasteiger partial charge < -0.3 is 5.32 Å². The van der Waals surface area contributed by atoms with E-state index in [2.05, 4.69) is 22.4 Å². The zero-order chi connectivity index (χ0) is 18.6. The minimum Gasteiger partial charge on any atom is -0.316 e. The minimum absolute atomic E-state index is 0.0740. The third-order valence-corrected chi connectivity index (χ3v) is 8.12. The van der Waals surface area contributed by atoms with Crippen LogP contribution in [0.15, 0.2) is 29.3 Å². The molecule has 0 saturated heterocycles. The van der Waals surface area contributed by atoms with E-state index < -0.39 is 0 Å². The van der Waals surface area contributed by atoms with Crippen LogP contribution in [0.4, 0.5) is 10.7 Å². The summed E-state index contributed by atoms with van der Waals surface area (Å²) in [7, 11) is 0. The number of para-hydroxylation sites is 1. The molecule has 4 nitrogen and oxygen atoms in total. The van der Waals surface area contributed by atoms with Crippen molar-refractivity contribution in [3.05, 3.63) is 45.8 Å². The van der Waals surface area contributed by atoms with Gasteiger partial charge in [-0.15, -0.1) is 11.3 Å². The van der Waals surface area contributed by atoms with E-state index in [1.165, 1.54) is 35.0 Å². The van der Waals surface area contributed by atoms with E-state index >= 15 is 0 Å². The summed E-state index contributed by atoms with van der Waals surface area (Å²) in [6.45, 7) is 0. The predicted octanol–water partition coefficient (Wildman–Crippen LogP) is 5.49. The number of carbonyl (C=O) groups is 1. The molecular weight excluding hydrogens is 394 g/mol. The van der Waals surface area contributed by atoms with Crippen LogP contribution in [0.5, 0.6) is 0 Å². The van der Waals surface area contributed by atoms with Crippen LogP contribution in [0, 0.1) is 11.3 Å². The van der Waals surface area contributed by atoms with Crippen LogP contribution < -0.4 is 5.32 Å². The molecule has 7 heteroatoms. The van der Waals surface area contributed by atoms with Crippen LogP contribution in [0.1, 0.15) is 40.8 Å². The van der Waals surface area contributed by atoms with Crippen molar-refractivity contribution in [3.8, 4) is 6.07 Å². The van der Waals surface area contributed by atoms with E-state index in [0.29, 0.717) is 11.3 Å². The predicted molar refractivity (Wildman–Crippen MR) is 116 cm³/mol. The molecule has 1 aliphatic heterocycles. The van der Waals surface area contributed by atoms with Crippen molar-refractivity contribution in [2.75, 3.05) is 11.1 Å². The van der Waals surface area contributed by atoms with Crippen LogP contribution in [0.3, 0.4) is 0 Å². The van der Waals surface area contributed by atoms with Gasteiger partial charge in [-0.2, -0.15) is 5.26 Å². The number of carbonyl (C=O) groups excluding carboxylic acids is 1. The lowest BCUT2D eigenvalue weighted by Gasteiger charge is -2.14. The summed E-state index contributed by atoms with van der Waals surface area (Å²) < 4.78 is 0.923. The fourth-order valence-electron chi connectivity index (χ4n) is 3.33. The van der Waals surface area contributed by atoms with Gasteiger partial charge in [0, 0.05) is 10.6 Å². The molecule has 0 atom stereocenters. The van der Waals surface area contributed by atoms with Crippen LogP contribution >= 0.6 is 34.9 Å². The van der Waals surface area contributed by atoms with Crippen molar-refractivity contribution in [1.29, 1.82) is 5.26 Å². The average Bonchev–Trinajstić information content (AvgIpc) is 2.85. The molecule has 0 saturated carbocycles. The van der Waals surface area contributed by atoms with E-state index in [-0.39, 0.29) is 5.91 Å². The van der Waals surface area contributed by atoms with Gasteiger partial charge in [-0.05, 0) is 42.9 Å². The highest BCUT2D eigenvalue weighted by Gasteiger charge is 2.21. The fraction of sp³-hybridized carbons (Fsp3) is 0.350. The van der Waals surface area contributed by atoms with Crippen molar-refractivity contribution in [1.82, 2.24) is 0 Å². The van der Waals surface area contributed by atoms with E-state index in [9.17, 15) is 10.1 Å². The first-order chi connectivity index (χ1) is 13.2. The number of rotatable bonds is 3. The number of benzene rings is 1. The quantitative estimate of drug-likeness (QED) is 0.675. The van der Waals surface area contributed by atoms with Gasteiger partial charge in [0.05, 0.1) is 17.0 Å². The third kappa shape index (κ3) is 4.23. The molecular formula is C20H19N3OS3. The zero-order valence-electron chi connectivity index (χ0n) is 14.8. The molecule has 0 fully saturated rings. The normalized spacial score (nSPS) is 15.7. The molecule has 2 aliphatic rings. The summed E-state index contributed by atoms with van der Waals surface area (Å²) in [5.74, 6) is 1.12. The Kier molecular flexibility index (Phi) is 5.86. The lowest BCUT2D eigenvalue weighted by atomic mass is 10.1. The Bertz CT molecular complexity index is 942. The molecule has 1 amide bonds. The number of amides is 1. The Morgan fingerprint density at radius 3 is 3.00 bits per heavy atom. The number of nitrogens with zero attached hydrogens (tertiary/aromatic N) is 2. The van der Waals surface area contributed by atoms with Gasteiger partial charge in [0.1, 0.15) is 15.4 Å². The smallest absolute Gasteiger partial charge is 0.235 e. The lowest BCUT2D eigenvalue weighted by Crippen LogP contribution is -2.15. The maximum Gasteiger partial charge on any atom is 0.235 e. The van der Waals surface area contributed by atoms with Gasteiger partial charge in [-0.25, -0.2) is 4.99 Å². The molecule has 1 aromatic heterocycles. The zero-order valence-corrected chi connectivity index (χ0v) is 17.2. The number of nitriles is 1. The number of nitrogens with one attached hydrogen (secondary N) is 1. The highest BCUT2D eigenvalue weighted by atomic mass is 32.2. The molecule has 0 unspecified atom stereocenters. The molecule has 4 rings (SSSR count). The Morgan fingerprint density at radius 2 is 2.11 bits per heavy atom. The van der Waals surface area contributed by atoms with Gasteiger partial charge in [0.25, 0.3) is 0 Å². The van der Waals surface area contributed by atoms with Crippen LogP contribution in [-0.2, 0) is 23.4 Å². The largest absolute Gasteiger partial charge is 0.316 e. The van der Waals surface area contributed by atoms with E-state index in [1.807, 2.05) is 18.2 Å². The SMILES string of the molecule is N#Cc1c(NC(=O)CSC2=Nc3ccccc3CS2)sc2c1CCCCC2. The van der Waals surface area contributed by atoms with E-state index in [1.54, 1.807) is 23.1 Å².